The molecule has 25 heavy (non-hydrogen) atoms. The third kappa shape index (κ3) is 5.24. The zero-order valence-electron chi connectivity index (χ0n) is 13.9. The number of rotatable bonds is 7. The Kier molecular flexibility index (Phi) is 6.89. The SMILES string of the molecule is NCc1ccc(C(=O)C[C@H]2CC=C[C@H](CC(=O)O)OB2O)cc1CN. The van der Waals surface area contributed by atoms with Gasteiger partial charge < -0.3 is 26.3 Å². The van der Waals surface area contributed by atoms with E-state index in [2.05, 4.69) is 0 Å². The van der Waals surface area contributed by atoms with E-state index in [1.54, 1.807) is 30.4 Å². The lowest BCUT2D eigenvalue weighted by molar-refractivity contribution is -0.138. The van der Waals surface area contributed by atoms with Gasteiger partial charge in [-0.3, -0.25) is 9.59 Å². The van der Waals surface area contributed by atoms with Gasteiger partial charge in [0.1, 0.15) is 0 Å². The average Bonchev–Trinajstić information content (AvgIpc) is 2.75. The molecule has 0 unspecified atom stereocenters. The van der Waals surface area contributed by atoms with Crippen LogP contribution in [0, 0.1) is 0 Å². The van der Waals surface area contributed by atoms with Gasteiger partial charge in [0.05, 0.1) is 12.5 Å². The van der Waals surface area contributed by atoms with E-state index >= 15 is 0 Å². The maximum Gasteiger partial charge on any atom is 0.458 e. The molecule has 1 aliphatic rings. The summed E-state index contributed by atoms with van der Waals surface area (Å²) in [7, 11) is -1.19. The fraction of sp³-hybridized carbons (Fsp3) is 0.412. The topological polar surface area (TPSA) is 136 Å². The molecule has 1 heterocycles. The summed E-state index contributed by atoms with van der Waals surface area (Å²) in [5.74, 6) is -1.57. The molecule has 8 heteroatoms. The number of carboxylic acid groups (broad SMARTS) is 1. The number of Topliss-reactive ketones (excluding diaryl/α,β-unsaturated/α-hetero) is 1. The van der Waals surface area contributed by atoms with Crippen molar-refractivity contribution < 1.29 is 24.4 Å². The van der Waals surface area contributed by atoms with E-state index in [1.165, 1.54) is 0 Å². The van der Waals surface area contributed by atoms with Crippen LogP contribution < -0.4 is 11.5 Å². The first-order chi connectivity index (χ1) is 11.9. The highest BCUT2D eigenvalue weighted by atomic mass is 16.5. The van der Waals surface area contributed by atoms with Crippen molar-refractivity contribution in [2.24, 2.45) is 11.5 Å². The number of carbonyl (C=O) groups excluding carboxylic acids is 1. The maximum atomic E-state index is 12.5. The van der Waals surface area contributed by atoms with Crippen LogP contribution in [0.25, 0.3) is 0 Å². The van der Waals surface area contributed by atoms with Crippen LogP contribution in [0.5, 0.6) is 0 Å². The molecule has 0 saturated carbocycles. The Bertz CT molecular complexity index is 664. The smallest absolute Gasteiger partial charge is 0.458 e. The third-order valence-corrected chi connectivity index (χ3v) is 4.30. The van der Waals surface area contributed by atoms with Gasteiger partial charge in [0.25, 0.3) is 0 Å². The normalized spacial score (nSPS) is 20.4. The second-order valence-corrected chi connectivity index (χ2v) is 6.11. The highest BCUT2D eigenvalue weighted by Gasteiger charge is 2.33. The molecule has 7 nitrogen and oxygen atoms in total. The van der Waals surface area contributed by atoms with Gasteiger partial charge in [-0.05, 0) is 23.6 Å². The molecule has 2 rings (SSSR count). The first-order valence-corrected chi connectivity index (χ1v) is 8.21. The summed E-state index contributed by atoms with van der Waals surface area (Å²) >= 11 is 0. The first kappa shape index (κ1) is 19.3. The molecule has 0 aliphatic carbocycles. The minimum Gasteiger partial charge on any atom is -0.481 e. The van der Waals surface area contributed by atoms with Gasteiger partial charge in [0.15, 0.2) is 5.78 Å². The molecule has 0 saturated heterocycles. The van der Waals surface area contributed by atoms with Crippen LogP contribution >= 0.6 is 0 Å². The van der Waals surface area contributed by atoms with Crippen LogP contribution in [-0.2, 0) is 22.5 Å². The van der Waals surface area contributed by atoms with E-state index in [9.17, 15) is 14.6 Å². The lowest BCUT2D eigenvalue weighted by Crippen LogP contribution is -2.30. The zero-order chi connectivity index (χ0) is 18.4. The van der Waals surface area contributed by atoms with Crippen LogP contribution in [0.15, 0.2) is 30.4 Å². The molecule has 1 aromatic rings. The average molecular weight is 346 g/mol. The number of aliphatic carboxylic acids is 1. The Balaban J connectivity index is 2.05. The summed E-state index contributed by atoms with van der Waals surface area (Å²) in [4.78, 5) is 23.3. The molecule has 0 fully saturated rings. The molecule has 1 aromatic carbocycles. The van der Waals surface area contributed by atoms with Crippen molar-refractivity contribution >= 4 is 18.9 Å². The predicted molar refractivity (Wildman–Crippen MR) is 93.8 cm³/mol. The molecule has 0 bridgehead atoms. The Morgan fingerprint density at radius 3 is 2.56 bits per heavy atom. The minimum absolute atomic E-state index is 0.0945. The third-order valence-electron chi connectivity index (χ3n) is 4.30. The van der Waals surface area contributed by atoms with E-state index in [1.807, 2.05) is 0 Å². The van der Waals surface area contributed by atoms with Crippen LogP contribution in [0.1, 0.15) is 40.7 Å². The summed E-state index contributed by atoms with van der Waals surface area (Å²) in [5, 5.41) is 19.0. The van der Waals surface area contributed by atoms with E-state index in [4.69, 9.17) is 21.2 Å². The van der Waals surface area contributed by atoms with Crippen molar-refractivity contribution in [3.05, 3.63) is 47.0 Å². The van der Waals surface area contributed by atoms with E-state index < -0.39 is 25.0 Å². The molecule has 6 N–H and O–H groups in total. The number of hydrogen-bond donors (Lipinski definition) is 4. The van der Waals surface area contributed by atoms with Crippen LogP contribution in [0.3, 0.4) is 0 Å². The molecule has 2 atom stereocenters. The van der Waals surface area contributed by atoms with Gasteiger partial charge in [-0.1, -0.05) is 24.3 Å². The van der Waals surface area contributed by atoms with E-state index in [-0.39, 0.29) is 18.6 Å². The Morgan fingerprint density at radius 1 is 1.20 bits per heavy atom. The number of hydrogen-bond acceptors (Lipinski definition) is 6. The fourth-order valence-electron chi connectivity index (χ4n) is 2.87. The number of allylic oxidation sites excluding steroid dienone is 1. The Labute approximate surface area is 146 Å². The number of nitrogens with two attached hydrogens (primary N) is 2. The number of carbonyl (C=O) groups is 2. The summed E-state index contributed by atoms with van der Waals surface area (Å²) in [6, 6.07) is 5.23. The summed E-state index contributed by atoms with van der Waals surface area (Å²) in [5.41, 5.74) is 13.6. The van der Waals surface area contributed by atoms with Crippen molar-refractivity contribution in [2.45, 2.75) is 44.3 Å². The Morgan fingerprint density at radius 2 is 1.92 bits per heavy atom. The second-order valence-electron chi connectivity index (χ2n) is 6.11. The summed E-state index contributed by atoms with van der Waals surface area (Å²) < 4.78 is 5.35. The van der Waals surface area contributed by atoms with Gasteiger partial charge in [-0.2, -0.15) is 0 Å². The van der Waals surface area contributed by atoms with Crippen LogP contribution in [0.4, 0.5) is 0 Å². The van der Waals surface area contributed by atoms with Gasteiger partial charge in [0.2, 0.25) is 0 Å². The van der Waals surface area contributed by atoms with Crippen LogP contribution in [-0.4, -0.2) is 35.1 Å². The Hall–Kier alpha value is -2.00. The van der Waals surface area contributed by atoms with Crippen molar-refractivity contribution in [1.82, 2.24) is 0 Å². The molecule has 1 aliphatic heterocycles. The lowest BCUT2D eigenvalue weighted by atomic mass is 9.67. The maximum absolute atomic E-state index is 12.5. The number of benzene rings is 1. The largest absolute Gasteiger partial charge is 0.481 e. The molecule has 0 spiro atoms. The molecular weight excluding hydrogens is 323 g/mol. The standard InChI is InChI=1S/C17H23BN2O5/c19-9-12-5-4-11(6-13(12)10-20)16(21)7-14-2-1-3-15(8-17(22)23)25-18(14)24/h1,3-6,14-15,24H,2,7-10,19-20H2,(H,22,23)/t14-,15-/m1/s1. The van der Waals surface area contributed by atoms with Gasteiger partial charge in [0, 0.05) is 30.9 Å². The minimum atomic E-state index is -1.19. The molecule has 0 aromatic heterocycles. The van der Waals surface area contributed by atoms with Crippen molar-refractivity contribution in [3.8, 4) is 0 Å². The number of ketones is 1. The fourth-order valence-corrected chi connectivity index (χ4v) is 2.87. The second kappa shape index (κ2) is 8.91. The lowest BCUT2D eigenvalue weighted by Gasteiger charge is -2.18. The van der Waals surface area contributed by atoms with Crippen LogP contribution in [0.2, 0.25) is 5.82 Å². The van der Waals surface area contributed by atoms with Crippen molar-refractivity contribution in [3.63, 3.8) is 0 Å². The summed E-state index contributed by atoms with van der Waals surface area (Å²) in [6.07, 6.45) is 2.98. The van der Waals surface area contributed by atoms with Gasteiger partial charge >= 0.3 is 13.1 Å². The molecule has 134 valence electrons. The zero-order valence-corrected chi connectivity index (χ0v) is 13.9. The van der Waals surface area contributed by atoms with Crippen molar-refractivity contribution in [1.29, 1.82) is 0 Å². The highest BCUT2D eigenvalue weighted by Crippen LogP contribution is 2.27. The molecule has 0 radical (unpaired) electrons. The highest BCUT2D eigenvalue weighted by molar-refractivity contribution is 6.45. The van der Waals surface area contributed by atoms with E-state index in [0.29, 0.717) is 25.1 Å². The number of carboxylic acids is 1. The molecule has 0 amide bonds. The predicted octanol–water partition coefficient (Wildman–Crippen LogP) is 0.847. The monoisotopic (exact) mass is 346 g/mol. The summed E-state index contributed by atoms with van der Waals surface area (Å²) in [6.45, 7) is 0.647. The van der Waals surface area contributed by atoms with Crippen molar-refractivity contribution in [2.75, 3.05) is 0 Å². The van der Waals surface area contributed by atoms with Gasteiger partial charge in [-0.15, -0.1) is 0 Å². The van der Waals surface area contributed by atoms with Gasteiger partial charge in [-0.25, -0.2) is 0 Å². The first-order valence-electron chi connectivity index (χ1n) is 8.21. The quantitative estimate of drug-likeness (QED) is 0.326. The van der Waals surface area contributed by atoms with E-state index in [0.717, 1.165) is 11.1 Å². The molecular formula is C17H23BN2O5.